The molecule has 1 fully saturated rings. The normalized spacial score (nSPS) is 22.0. The highest BCUT2D eigenvalue weighted by Gasteiger charge is 2.21. The summed E-state index contributed by atoms with van der Waals surface area (Å²) >= 11 is 0. The van der Waals surface area contributed by atoms with E-state index in [-0.39, 0.29) is 6.10 Å². The SMILES string of the molecule is COCCC(C)(O)CNCC(O)CC1CCCC1. The molecule has 2 unspecified atom stereocenters. The van der Waals surface area contributed by atoms with E-state index in [1.165, 1.54) is 25.7 Å². The summed E-state index contributed by atoms with van der Waals surface area (Å²) in [7, 11) is 1.63. The van der Waals surface area contributed by atoms with Crippen molar-refractivity contribution in [2.24, 2.45) is 5.92 Å². The number of hydrogen-bond donors (Lipinski definition) is 3. The molecule has 2 atom stereocenters. The average molecular weight is 259 g/mol. The molecule has 0 aromatic carbocycles. The molecule has 1 aliphatic carbocycles. The Morgan fingerprint density at radius 3 is 2.67 bits per heavy atom. The maximum atomic E-state index is 10.0. The number of hydrogen-bond acceptors (Lipinski definition) is 4. The van der Waals surface area contributed by atoms with Gasteiger partial charge in [0.2, 0.25) is 0 Å². The Bertz CT molecular complexity index is 215. The van der Waals surface area contributed by atoms with Crippen molar-refractivity contribution in [2.75, 3.05) is 26.8 Å². The molecule has 0 aromatic rings. The van der Waals surface area contributed by atoms with Crippen LogP contribution in [0.15, 0.2) is 0 Å². The Hall–Kier alpha value is -0.160. The third-order valence-corrected chi connectivity index (χ3v) is 3.81. The topological polar surface area (TPSA) is 61.7 Å². The molecule has 0 aromatic heterocycles. The van der Waals surface area contributed by atoms with E-state index in [1.54, 1.807) is 14.0 Å². The average Bonchev–Trinajstić information content (AvgIpc) is 2.79. The first kappa shape index (κ1) is 15.9. The van der Waals surface area contributed by atoms with Crippen LogP contribution in [0.4, 0.5) is 0 Å². The second-order valence-electron chi connectivity index (χ2n) is 5.91. The van der Waals surface area contributed by atoms with Crippen molar-refractivity contribution >= 4 is 0 Å². The fourth-order valence-corrected chi connectivity index (χ4v) is 2.63. The van der Waals surface area contributed by atoms with E-state index in [4.69, 9.17) is 4.74 Å². The minimum Gasteiger partial charge on any atom is -0.392 e. The van der Waals surface area contributed by atoms with E-state index in [1.807, 2.05) is 0 Å². The van der Waals surface area contributed by atoms with Crippen LogP contribution in [0.1, 0.15) is 45.4 Å². The van der Waals surface area contributed by atoms with Crippen LogP contribution >= 0.6 is 0 Å². The summed E-state index contributed by atoms with van der Waals surface area (Å²) in [5.41, 5.74) is -0.761. The molecular weight excluding hydrogens is 230 g/mol. The van der Waals surface area contributed by atoms with Crippen LogP contribution in [0.25, 0.3) is 0 Å². The predicted octanol–water partition coefficient (Wildman–Crippen LogP) is 1.30. The molecule has 4 heteroatoms. The molecule has 1 rings (SSSR count). The van der Waals surface area contributed by atoms with Gasteiger partial charge in [0, 0.05) is 33.2 Å². The fraction of sp³-hybridized carbons (Fsp3) is 1.00. The summed E-state index contributed by atoms with van der Waals surface area (Å²) in [5, 5.41) is 23.1. The standard InChI is InChI=1S/C14H29NO3/c1-14(17,7-8-18-2)11-15-10-13(16)9-12-5-3-4-6-12/h12-13,15-17H,3-11H2,1-2H3. The van der Waals surface area contributed by atoms with Gasteiger partial charge in [-0.25, -0.2) is 0 Å². The molecule has 0 heterocycles. The second-order valence-corrected chi connectivity index (χ2v) is 5.91. The van der Waals surface area contributed by atoms with Crippen LogP contribution in [-0.2, 0) is 4.74 Å². The molecule has 0 saturated heterocycles. The van der Waals surface area contributed by atoms with E-state index in [9.17, 15) is 10.2 Å². The van der Waals surface area contributed by atoms with Crippen molar-refractivity contribution in [3.8, 4) is 0 Å². The van der Waals surface area contributed by atoms with Gasteiger partial charge in [-0.2, -0.15) is 0 Å². The van der Waals surface area contributed by atoms with Crippen LogP contribution in [0.3, 0.4) is 0 Å². The lowest BCUT2D eigenvalue weighted by atomic mass is 9.99. The number of nitrogens with one attached hydrogen (secondary N) is 1. The zero-order chi connectivity index (χ0) is 13.4. The molecule has 0 aliphatic heterocycles. The van der Waals surface area contributed by atoms with E-state index < -0.39 is 5.60 Å². The van der Waals surface area contributed by atoms with Gasteiger partial charge in [-0.15, -0.1) is 0 Å². The summed E-state index contributed by atoms with van der Waals surface area (Å²) in [6, 6.07) is 0. The second kappa shape index (κ2) is 8.10. The molecule has 4 nitrogen and oxygen atoms in total. The zero-order valence-electron chi connectivity index (χ0n) is 11.8. The van der Waals surface area contributed by atoms with Crippen molar-refractivity contribution < 1.29 is 14.9 Å². The monoisotopic (exact) mass is 259 g/mol. The quantitative estimate of drug-likeness (QED) is 0.584. The van der Waals surface area contributed by atoms with Crippen molar-refractivity contribution in [2.45, 2.75) is 57.2 Å². The molecule has 18 heavy (non-hydrogen) atoms. The number of rotatable bonds is 9. The van der Waals surface area contributed by atoms with Crippen LogP contribution in [-0.4, -0.2) is 48.7 Å². The molecule has 0 spiro atoms. The minimum absolute atomic E-state index is 0.286. The third kappa shape index (κ3) is 6.69. The van der Waals surface area contributed by atoms with Crippen LogP contribution < -0.4 is 5.32 Å². The third-order valence-electron chi connectivity index (χ3n) is 3.81. The summed E-state index contributed by atoms with van der Waals surface area (Å²) in [5.74, 6) is 0.704. The lowest BCUT2D eigenvalue weighted by Gasteiger charge is -2.24. The molecule has 108 valence electrons. The molecule has 0 amide bonds. The van der Waals surface area contributed by atoms with Gasteiger partial charge in [-0.05, 0) is 19.3 Å². The number of methoxy groups -OCH3 is 1. The van der Waals surface area contributed by atoms with Crippen molar-refractivity contribution in [3.05, 3.63) is 0 Å². The van der Waals surface area contributed by atoms with Gasteiger partial charge >= 0.3 is 0 Å². The highest BCUT2D eigenvalue weighted by molar-refractivity contribution is 4.77. The summed E-state index contributed by atoms with van der Waals surface area (Å²) in [6.45, 7) is 3.42. The highest BCUT2D eigenvalue weighted by atomic mass is 16.5. The van der Waals surface area contributed by atoms with Gasteiger partial charge in [0.1, 0.15) is 0 Å². The molecule has 3 N–H and O–H groups in total. The maximum Gasteiger partial charge on any atom is 0.0765 e. The van der Waals surface area contributed by atoms with Crippen molar-refractivity contribution in [3.63, 3.8) is 0 Å². The largest absolute Gasteiger partial charge is 0.392 e. The van der Waals surface area contributed by atoms with Gasteiger partial charge in [-0.3, -0.25) is 0 Å². The van der Waals surface area contributed by atoms with E-state index in [0.29, 0.717) is 32.0 Å². The lowest BCUT2D eigenvalue weighted by molar-refractivity contribution is 0.0218. The molecule has 1 saturated carbocycles. The highest BCUT2D eigenvalue weighted by Crippen LogP contribution is 2.28. The van der Waals surface area contributed by atoms with Crippen LogP contribution in [0.5, 0.6) is 0 Å². The van der Waals surface area contributed by atoms with E-state index in [0.717, 1.165) is 6.42 Å². The van der Waals surface area contributed by atoms with Crippen molar-refractivity contribution in [1.82, 2.24) is 5.32 Å². The van der Waals surface area contributed by atoms with Gasteiger partial charge in [0.25, 0.3) is 0 Å². The minimum atomic E-state index is -0.761. The zero-order valence-corrected chi connectivity index (χ0v) is 11.8. The van der Waals surface area contributed by atoms with Crippen molar-refractivity contribution in [1.29, 1.82) is 0 Å². The predicted molar refractivity (Wildman–Crippen MR) is 72.6 cm³/mol. The first-order valence-electron chi connectivity index (χ1n) is 7.13. The Labute approximate surface area is 111 Å². The van der Waals surface area contributed by atoms with E-state index in [2.05, 4.69) is 5.32 Å². The first-order valence-corrected chi connectivity index (χ1v) is 7.13. The lowest BCUT2D eigenvalue weighted by Crippen LogP contribution is -2.41. The Morgan fingerprint density at radius 1 is 1.39 bits per heavy atom. The maximum absolute atomic E-state index is 10.0. The van der Waals surface area contributed by atoms with E-state index >= 15 is 0 Å². The smallest absolute Gasteiger partial charge is 0.0765 e. The summed E-state index contributed by atoms with van der Waals surface area (Å²) in [4.78, 5) is 0. The van der Waals surface area contributed by atoms with Crippen LogP contribution in [0, 0.1) is 5.92 Å². The van der Waals surface area contributed by atoms with Gasteiger partial charge in [-0.1, -0.05) is 25.7 Å². The Morgan fingerprint density at radius 2 is 2.06 bits per heavy atom. The van der Waals surface area contributed by atoms with Gasteiger partial charge in [0.05, 0.1) is 11.7 Å². The number of aliphatic hydroxyl groups excluding tert-OH is 1. The van der Waals surface area contributed by atoms with Gasteiger partial charge in [0.15, 0.2) is 0 Å². The molecule has 0 radical (unpaired) electrons. The Balaban J connectivity index is 2.08. The molecular formula is C14H29NO3. The molecule has 0 bridgehead atoms. The summed E-state index contributed by atoms with van der Waals surface area (Å²) < 4.78 is 4.96. The fourth-order valence-electron chi connectivity index (χ4n) is 2.63. The molecule has 1 aliphatic rings. The first-order chi connectivity index (χ1) is 8.53. The summed E-state index contributed by atoms with van der Waals surface area (Å²) in [6.07, 6.45) is 6.38. The number of aliphatic hydroxyl groups is 2. The number of ether oxygens (including phenoxy) is 1. The van der Waals surface area contributed by atoms with Gasteiger partial charge < -0.3 is 20.3 Å². The van der Waals surface area contributed by atoms with Crippen LogP contribution in [0.2, 0.25) is 0 Å². The Kier molecular flexibility index (Phi) is 7.15.